The first-order valence-electron chi connectivity index (χ1n) is 13.9. The van der Waals surface area contributed by atoms with Crippen LogP contribution in [0.4, 0.5) is 21.0 Å². The second-order valence-electron chi connectivity index (χ2n) is 11.0. The van der Waals surface area contributed by atoms with Crippen molar-refractivity contribution in [3.8, 4) is 0 Å². The molecule has 2 amide bonds. The van der Waals surface area contributed by atoms with Crippen LogP contribution in [-0.4, -0.2) is 81.8 Å². The summed E-state index contributed by atoms with van der Waals surface area (Å²) in [6.45, 7) is 16.5. The molecular weight excluding hydrogens is 513 g/mol. The summed E-state index contributed by atoms with van der Waals surface area (Å²) in [4.78, 5) is 43.4. The summed E-state index contributed by atoms with van der Waals surface area (Å²) in [5.41, 5.74) is 3.16. The largest absolute Gasteiger partial charge is 0.447 e. The van der Waals surface area contributed by atoms with Gasteiger partial charge in [0.15, 0.2) is 0 Å². The molecule has 40 heavy (non-hydrogen) atoms. The number of cyclic esters (lactones) is 1. The van der Waals surface area contributed by atoms with Crippen molar-refractivity contribution in [2.24, 2.45) is 5.92 Å². The molecule has 0 saturated carbocycles. The predicted octanol–water partition coefficient (Wildman–Crippen LogP) is 4.45. The summed E-state index contributed by atoms with van der Waals surface area (Å²) in [5.74, 6) is 1.07. The molecular formula is C29H40FN7O3. The fourth-order valence-electron chi connectivity index (χ4n) is 5.33. The van der Waals surface area contributed by atoms with E-state index in [4.69, 9.17) is 9.72 Å². The Morgan fingerprint density at radius 2 is 1.95 bits per heavy atom. The van der Waals surface area contributed by atoms with E-state index in [0.29, 0.717) is 25.0 Å². The third-order valence-corrected chi connectivity index (χ3v) is 7.58. The minimum absolute atomic E-state index is 0.0181. The van der Waals surface area contributed by atoms with Crippen LogP contribution in [0, 0.1) is 12.8 Å². The number of alkyl halides is 1. The first-order chi connectivity index (χ1) is 19.1. The molecule has 11 heteroatoms. The molecule has 2 aromatic heterocycles. The molecule has 1 N–H and O–H groups in total. The topological polar surface area (TPSA) is 104 Å². The van der Waals surface area contributed by atoms with E-state index < -0.39 is 18.3 Å². The molecule has 4 rings (SSSR count). The normalized spacial score (nSPS) is 20.3. The highest BCUT2D eigenvalue weighted by molar-refractivity contribution is 5.89. The van der Waals surface area contributed by atoms with Gasteiger partial charge < -0.3 is 15.0 Å². The molecule has 0 spiro atoms. The fraction of sp³-hybridized carbons (Fsp3) is 0.552. The fourth-order valence-corrected chi connectivity index (χ4v) is 5.33. The van der Waals surface area contributed by atoms with Crippen molar-refractivity contribution in [3.05, 3.63) is 54.0 Å². The van der Waals surface area contributed by atoms with E-state index in [1.54, 1.807) is 6.07 Å². The maximum Gasteiger partial charge on any atom is 0.416 e. The van der Waals surface area contributed by atoms with Gasteiger partial charge in [0.25, 0.3) is 0 Å². The number of carbonyl (C=O) groups excluding carboxylic acids is 2. The molecule has 0 aliphatic carbocycles. The molecule has 2 aliphatic rings. The zero-order chi connectivity index (χ0) is 29.0. The number of nitrogens with zero attached hydrogens (tertiary/aromatic N) is 6. The van der Waals surface area contributed by atoms with Crippen LogP contribution in [0.25, 0.3) is 0 Å². The number of pyridine rings is 1. The van der Waals surface area contributed by atoms with Crippen molar-refractivity contribution in [1.82, 2.24) is 24.8 Å². The smallest absolute Gasteiger partial charge is 0.416 e. The third-order valence-electron chi connectivity index (χ3n) is 7.58. The summed E-state index contributed by atoms with van der Waals surface area (Å²) >= 11 is 0. The Bertz CT molecular complexity index is 1220. The average molecular weight is 554 g/mol. The summed E-state index contributed by atoms with van der Waals surface area (Å²) in [5, 5.41) is 3.26. The zero-order valence-electron chi connectivity index (χ0n) is 24.0. The van der Waals surface area contributed by atoms with Gasteiger partial charge in [-0.2, -0.15) is 4.98 Å². The second kappa shape index (κ2) is 12.7. The van der Waals surface area contributed by atoms with Gasteiger partial charge in [0.1, 0.15) is 24.6 Å². The highest BCUT2D eigenvalue weighted by atomic mass is 19.1. The predicted molar refractivity (Wildman–Crippen MR) is 152 cm³/mol. The maximum atomic E-state index is 14.1. The van der Waals surface area contributed by atoms with Crippen LogP contribution in [0.15, 0.2) is 37.2 Å². The summed E-state index contributed by atoms with van der Waals surface area (Å²) in [6.07, 6.45) is 3.98. The number of nitrogens with one attached hydrogen (secondary N) is 1. The quantitative estimate of drug-likeness (QED) is 0.431. The SMILES string of the molecule is C=CC(=O)N1CCN(C(CC(C)C)c2cnc([C@H](C)Nc3nccc(N4C(=O)OC[C@@H]4[C@H](C)F)n3)cc2C)CC1. The number of aromatic nitrogens is 3. The molecule has 2 fully saturated rings. The van der Waals surface area contributed by atoms with E-state index in [-0.39, 0.29) is 30.4 Å². The van der Waals surface area contributed by atoms with Crippen molar-refractivity contribution in [2.45, 2.75) is 65.3 Å². The lowest BCUT2D eigenvalue weighted by Crippen LogP contribution is -2.49. The van der Waals surface area contributed by atoms with E-state index in [0.717, 1.165) is 30.8 Å². The van der Waals surface area contributed by atoms with Crippen LogP contribution >= 0.6 is 0 Å². The van der Waals surface area contributed by atoms with Crippen molar-refractivity contribution in [1.29, 1.82) is 0 Å². The van der Waals surface area contributed by atoms with E-state index >= 15 is 0 Å². The average Bonchev–Trinajstić information content (AvgIpc) is 3.33. The lowest BCUT2D eigenvalue weighted by atomic mass is 9.92. The van der Waals surface area contributed by atoms with Crippen molar-refractivity contribution >= 4 is 23.8 Å². The highest BCUT2D eigenvalue weighted by Gasteiger charge is 2.39. The number of carbonyl (C=O) groups is 2. The third kappa shape index (κ3) is 6.57. The van der Waals surface area contributed by atoms with Gasteiger partial charge in [0, 0.05) is 44.6 Å². The van der Waals surface area contributed by atoms with Gasteiger partial charge in [-0.05, 0) is 62.4 Å². The van der Waals surface area contributed by atoms with Crippen molar-refractivity contribution in [3.63, 3.8) is 0 Å². The lowest BCUT2D eigenvalue weighted by molar-refractivity contribution is -0.128. The summed E-state index contributed by atoms with van der Waals surface area (Å²) in [7, 11) is 0. The van der Waals surface area contributed by atoms with Crippen molar-refractivity contribution < 1.29 is 18.7 Å². The van der Waals surface area contributed by atoms with E-state index in [1.807, 2.05) is 18.0 Å². The van der Waals surface area contributed by atoms with Crippen LogP contribution in [0.3, 0.4) is 0 Å². The van der Waals surface area contributed by atoms with E-state index in [1.165, 1.54) is 29.7 Å². The van der Waals surface area contributed by atoms with Gasteiger partial charge in [0.2, 0.25) is 11.9 Å². The number of halogens is 1. The number of piperazine rings is 1. The molecule has 0 bridgehead atoms. The first kappa shape index (κ1) is 29.4. The standard InChI is InChI=1S/C29H40FN7O3/c1-7-27(38)36-12-10-35(11-13-36)24(14-18(2)3)22-16-32-23(15-19(22)4)21(6)33-28-31-9-8-26(34-28)37-25(20(5)30)17-40-29(37)39/h7-9,15-16,18,20-21,24-25H,1,10-14,17H2,2-6H3,(H,31,33,34)/t20-,21-,24?,25+/m0/s1. The van der Waals surface area contributed by atoms with Crippen LogP contribution < -0.4 is 10.2 Å². The van der Waals surface area contributed by atoms with Gasteiger partial charge in [-0.1, -0.05) is 20.4 Å². The zero-order valence-corrected chi connectivity index (χ0v) is 24.0. The number of anilines is 2. The number of rotatable bonds is 10. The molecule has 0 radical (unpaired) electrons. The maximum absolute atomic E-state index is 14.1. The van der Waals surface area contributed by atoms with Crippen molar-refractivity contribution in [2.75, 3.05) is 43.0 Å². The van der Waals surface area contributed by atoms with Gasteiger partial charge in [-0.15, -0.1) is 0 Å². The molecule has 4 heterocycles. The molecule has 2 aliphatic heterocycles. The number of hydrogen-bond donors (Lipinski definition) is 1. The van der Waals surface area contributed by atoms with Crippen LogP contribution in [0.2, 0.25) is 0 Å². The molecule has 2 saturated heterocycles. The Hall–Kier alpha value is -3.60. The Balaban J connectivity index is 1.48. The van der Waals surface area contributed by atoms with Crippen LogP contribution in [0.5, 0.6) is 0 Å². The number of amides is 2. The van der Waals surface area contributed by atoms with Gasteiger partial charge in [-0.3, -0.25) is 19.6 Å². The van der Waals surface area contributed by atoms with Gasteiger partial charge in [-0.25, -0.2) is 14.2 Å². The summed E-state index contributed by atoms with van der Waals surface area (Å²) in [6, 6.07) is 2.91. The van der Waals surface area contributed by atoms with E-state index in [2.05, 4.69) is 53.6 Å². The van der Waals surface area contributed by atoms with E-state index in [9.17, 15) is 14.0 Å². The van der Waals surface area contributed by atoms with Crippen LogP contribution in [0.1, 0.15) is 63.0 Å². The molecule has 1 unspecified atom stereocenters. The minimum atomic E-state index is -1.26. The monoisotopic (exact) mass is 553 g/mol. The Morgan fingerprint density at radius 3 is 2.58 bits per heavy atom. The van der Waals surface area contributed by atoms with Crippen LogP contribution in [-0.2, 0) is 9.53 Å². The van der Waals surface area contributed by atoms with Gasteiger partial charge >= 0.3 is 6.09 Å². The Labute approximate surface area is 235 Å². The Kier molecular flexibility index (Phi) is 9.34. The number of ether oxygens (including phenoxy) is 1. The second-order valence-corrected chi connectivity index (χ2v) is 11.0. The minimum Gasteiger partial charge on any atom is -0.447 e. The molecule has 216 valence electrons. The Morgan fingerprint density at radius 1 is 1.23 bits per heavy atom. The molecule has 0 aromatic carbocycles. The van der Waals surface area contributed by atoms with Gasteiger partial charge in [0.05, 0.1) is 11.7 Å². The first-order valence-corrected chi connectivity index (χ1v) is 13.9. The number of aryl methyl sites for hydroxylation is 1. The molecule has 4 atom stereocenters. The molecule has 10 nitrogen and oxygen atoms in total. The lowest BCUT2D eigenvalue weighted by Gasteiger charge is -2.40. The summed E-state index contributed by atoms with van der Waals surface area (Å²) < 4.78 is 19.1. The highest BCUT2D eigenvalue weighted by Crippen LogP contribution is 2.32. The molecule has 2 aromatic rings. The number of hydrogen-bond acceptors (Lipinski definition) is 8.